The molecule has 120 valence electrons. The van der Waals surface area contributed by atoms with E-state index in [9.17, 15) is 23.3 Å². The first-order chi connectivity index (χ1) is 10.4. The summed E-state index contributed by atoms with van der Waals surface area (Å²) >= 11 is 0. The van der Waals surface area contributed by atoms with Gasteiger partial charge in [0.25, 0.3) is 5.69 Å². The number of carbonyl (C=O) groups excluding carboxylic acids is 1. The summed E-state index contributed by atoms with van der Waals surface area (Å²) in [5, 5.41) is 16.2. The zero-order valence-corrected chi connectivity index (χ0v) is 12.6. The number of nitro benzene ring substituents is 1. The van der Waals surface area contributed by atoms with Crippen LogP contribution in [-0.4, -0.2) is 43.8 Å². The van der Waals surface area contributed by atoms with E-state index in [1.807, 2.05) is 0 Å². The molecule has 1 aliphatic rings. The largest absolute Gasteiger partial charge is 0.383 e. The molecule has 1 aliphatic heterocycles. The summed E-state index contributed by atoms with van der Waals surface area (Å²) in [4.78, 5) is 21.8. The van der Waals surface area contributed by atoms with Crippen LogP contribution >= 0.6 is 0 Å². The van der Waals surface area contributed by atoms with E-state index in [4.69, 9.17) is 0 Å². The first kappa shape index (κ1) is 16.2. The lowest BCUT2D eigenvalue weighted by Gasteiger charge is -2.10. The summed E-state index contributed by atoms with van der Waals surface area (Å²) in [7, 11) is -3.06. The molecule has 1 heterocycles. The number of benzene rings is 1. The lowest BCUT2D eigenvalue weighted by molar-refractivity contribution is -0.384. The molecule has 1 fully saturated rings. The fraction of sp³-hybridized carbons (Fsp3) is 0.462. The highest BCUT2D eigenvalue weighted by molar-refractivity contribution is 7.91. The van der Waals surface area contributed by atoms with Crippen LogP contribution in [-0.2, 0) is 14.6 Å². The molecule has 0 aliphatic carbocycles. The number of hydrogen-bond acceptors (Lipinski definition) is 6. The van der Waals surface area contributed by atoms with E-state index >= 15 is 0 Å². The summed E-state index contributed by atoms with van der Waals surface area (Å²) in [6.07, 6.45) is 0.379. The van der Waals surface area contributed by atoms with E-state index in [1.54, 1.807) is 12.1 Å². The molecule has 0 bridgehead atoms. The molecule has 1 aromatic carbocycles. The van der Waals surface area contributed by atoms with Gasteiger partial charge in [0, 0.05) is 30.9 Å². The SMILES string of the molecule is O=C(NCCNc1ccc([N+](=O)[O-])cc1)[C@@H]1CCS(=O)(=O)C1. The Morgan fingerprint density at radius 1 is 1.27 bits per heavy atom. The van der Waals surface area contributed by atoms with Crippen molar-refractivity contribution < 1.29 is 18.1 Å². The molecule has 1 amide bonds. The topological polar surface area (TPSA) is 118 Å². The Bertz CT molecular complexity index is 657. The minimum Gasteiger partial charge on any atom is -0.383 e. The molecule has 0 aromatic heterocycles. The molecule has 0 unspecified atom stereocenters. The predicted molar refractivity (Wildman–Crippen MR) is 81.4 cm³/mol. The maximum atomic E-state index is 11.8. The average Bonchev–Trinajstić information content (AvgIpc) is 2.84. The maximum absolute atomic E-state index is 11.8. The van der Waals surface area contributed by atoms with Crippen LogP contribution in [0.25, 0.3) is 0 Å². The fourth-order valence-corrected chi connectivity index (χ4v) is 3.98. The van der Waals surface area contributed by atoms with E-state index in [0.717, 1.165) is 0 Å². The number of hydrogen-bond donors (Lipinski definition) is 2. The second-order valence-corrected chi connectivity index (χ2v) is 7.35. The van der Waals surface area contributed by atoms with Crippen molar-refractivity contribution in [2.45, 2.75) is 6.42 Å². The van der Waals surface area contributed by atoms with E-state index in [-0.39, 0.29) is 23.1 Å². The van der Waals surface area contributed by atoms with Crippen LogP contribution in [0.4, 0.5) is 11.4 Å². The highest BCUT2D eigenvalue weighted by Gasteiger charge is 2.32. The maximum Gasteiger partial charge on any atom is 0.269 e. The number of nitro groups is 1. The first-order valence-electron chi connectivity index (χ1n) is 6.84. The van der Waals surface area contributed by atoms with Gasteiger partial charge in [-0.2, -0.15) is 0 Å². The van der Waals surface area contributed by atoms with Crippen LogP contribution in [0.5, 0.6) is 0 Å². The number of anilines is 1. The summed E-state index contributed by atoms with van der Waals surface area (Å²) < 4.78 is 22.6. The van der Waals surface area contributed by atoms with Gasteiger partial charge in [-0.3, -0.25) is 14.9 Å². The van der Waals surface area contributed by atoms with Crippen molar-refractivity contribution in [1.82, 2.24) is 5.32 Å². The van der Waals surface area contributed by atoms with Gasteiger partial charge in [-0.25, -0.2) is 8.42 Å². The molecule has 1 aromatic rings. The third kappa shape index (κ3) is 4.42. The van der Waals surface area contributed by atoms with Crippen molar-refractivity contribution in [2.75, 3.05) is 29.9 Å². The van der Waals surface area contributed by atoms with Gasteiger partial charge in [0.2, 0.25) is 5.91 Å². The van der Waals surface area contributed by atoms with E-state index in [2.05, 4.69) is 10.6 Å². The number of nitrogens with zero attached hydrogens (tertiary/aromatic N) is 1. The Kier molecular flexibility index (Phi) is 4.96. The number of amides is 1. The third-order valence-corrected chi connectivity index (χ3v) is 5.20. The van der Waals surface area contributed by atoms with Gasteiger partial charge in [-0.1, -0.05) is 0 Å². The van der Waals surface area contributed by atoms with Crippen molar-refractivity contribution >= 4 is 27.1 Å². The van der Waals surface area contributed by atoms with E-state index in [0.29, 0.717) is 25.2 Å². The van der Waals surface area contributed by atoms with Crippen LogP contribution in [0, 0.1) is 16.0 Å². The second-order valence-electron chi connectivity index (χ2n) is 5.12. The van der Waals surface area contributed by atoms with Gasteiger partial charge in [-0.15, -0.1) is 0 Å². The lowest BCUT2D eigenvalue weighted by atomic mass is 10.1. The molecule has 1 saturated heterocycles. The summed E-state index contributed by atoms with van der Waals surface area (Å²) in [6, 6.07) is 5.96. The number of non-ortho nitro benzene ring substituents is 1. The molecule has 2 rings (SSSR count). The second kappa shape index (κ2) is 6.73. The summed E-state index contributed by atoms with van der Waals surface area (Å²) in [5.74, 6) is -0.697. The van der Waals surface area contributed by atoms with Crippen LogP contribution < -0.4 is 10.6 Å². The molecule has 8 nitrogen and oxygen atoms in total. The zero-order valence-electron chi connectivity index (χ0n) is 11.8. The molecule has 22 heavy (non-hydrogen) atoms. The van der Waals surface area contributed by atoms with Crippen molar-refractivity contribution in [3.63, 3.8) is 0 Å². The smallest absolute Gasteiger partial charge is 0.269 e. The molecular weight excluding hydrogens is 310 g/mol. The Balaban J connectivity index is 1.71. The van der Waals surface area contributed by atoms with Gasteiger partial charge in [-0.05, 0) is 18.6 Å². The molecular formula is C13H17N3O5S. The number of carbonyl (C=O) groups is 1. The molecule has 0 spiro atoms. The quantitative estimate of drug-likeness (QED) is 0.448. The third-order valence-electron chi connectivity index (χ3n) is 3.43. The highest BCUT2D eigenvalue weighted by Crippen LogP contribution is 2.18. The van der Waals surface area contributed by atoms with Crippen LogP contribution in [0.1, 0.15) is 6.42 Å². The number of rotatable bonds is 6. The summed E-state index contributed by atoms with van der Waals surface area (Å²) in [6.45, 7) is 0.801. The monoisotopic (exact) mass is 327 g/mol. The normalized spacial score (nSPS) is 19.5. The van der Waals surface area contributed by atoms with Gasteiger partial charge >= 0.3 is 0 Å². The minimum absolute atomic E-state index is 0.0151. The van der Waals surface area contributed by atoms with Crippen LogP contribution in [0.15, 0.2) is 24.3 Å². The zero-order chi connectivity index (χ0) is 16.2. The molecule has 2 N–H and O–H groups in total. The highest BCUT2D eigenvalue weighted by atomic mass is 32.2. The number of sulfone groups is 1. The van der Waals surface area contributed by atoms with Crippen molar-refractivity contribution in [2.24, 2.45) is 5.92 Å². The Labute approximate surface area is 128 Å². The summed E-state index contributed by atoms with van der Waals surface area (Å²) in [5.41, 5.74) is 0.726. The van der Waals surface area contributed by atoms with Crippen LogP contribution in [0.3, 0.4) is 0 Å². The van der Waals surface area contributed by atoms with Crippen molar-refractivity contribution in [3.05, 3.63) is 34.4 Å². The minimum atomic E-state index is -3.06. The van der Waals surface area contributed by atoms with Crippen LogP contribution in [0.2, 0.25) is 0 Å². The fourth-order valence-electron chi connectivity index (χ4n) is 2.24. The predicted octanol–water partition coefficient (Wildman–Crippen LogP) is 0.558. The molecule has 1 atom stereocenters. The Hall–Kier alpha value is -2.16. The van der Waals surface area contributed by atoms with Gasteiger partial charge in [0.1, 0.15) is 0 Å². The average molecular weight is 327 g/mol. The van der Waals surface area contributed by atoms with E-state index < -0.39 is 20.7 Å². The lowest BCUT2D eigenvalue weighted by Crippen LogP contribution is -2.34. The van der Waals surface area contributed by atoms with Crippen molar-refractivity contribution in [3.8, 4) is 0 Å². The van der Waals surface area contributed by atoms with Gasteiger partial charge < -0.3 is 10.6 Å². The number of nitrogens with one attached hydrogen (secondary N) is 2. The Morgan fingerprint density at radius 3 is 2.50 bits per heavy atom. The molecule has 0 radical (unpaired) electrons. The molecule has 0 saturated carbocycles. The van der Waals surface area contributed by atoms with E-state index in [1.165, 1.54) is 12.1 Å². The van der Waals surface area contributed by atoms with Gasteiger partial charge in [0.05, 0.1) is 22.3 Å². The van der Waals surface area contributed by atoms with Crippen molar-refractivity contribution in [1.29, 1.82) is 0 Å². The van der Waals surface area contributed by atoms with Gasteiger partial charge in [0.15, 0.2) is 9.84 Å². The first-order valence-corrected chi connectivity index (χ1v) is 8.66. The standard InChI is InChI=1S/C13H17N3O5S/c17-13(10-5-8-22(20,21)9-10)15-7-6-14-11-1-3-12(4-2-11)16(18)19/h1-4,10,14H,5-9H2,(H,15,17)/t10-/m1/s1. The Morgan fingerprint density at radius 2 is 1.95 bits per heavy atom. The molecule has 9 heteroatoms.